The second-order valence-corrected chi connectivity index (χ2v) is 6.24. The summed E-state index contributed by atoms with van der Waals surface area (Å²) in [6, 6.07) is 9.83. The van der Waals surface area contributed by atoms with E-state index in [2.05, 4.69) is 65.3 Å². The van der Waals surface area contributed by atoms with Crippen molar-refractivity contribution in [3.63, 3.8) is 0 Å². The first-order valence-electron chi connectivity index (χ1n) is 8.75. The van der Waals surface area contributed by atoms with E-state index in [9.17, 15) is 4.79 Å². The molecular formula is C19H27N5O. The van der Waals surface area contributed by atoms with Gasteiger partial charge in [-0.2, -0.15) is 0 Å². The topological polar surface area (TPSA) is 70.2 Å². The fourth-order valence-electron chi connectivity index (χ4n) is 2.43. The molecule has 1 amide bonds. The number of hydrogen-bond acceptors (Lipinski definition) is 5. The second-order valence-electron chi connectivity index (χ2n) is 6.24. The molecule has 134 valence electrons. The van der Waals surface area contributed by atoms with Gasteiger partial charge < -0.3 is 15.5 Å². The van der Waals surface area contributed by atoms with Crippen LogP contribution >= 0.6 is 0 Å². The molecule has 0 radical (unpaired) electrons. The molecule has 1 heterocycles. The smallest absolute Gasteiger partial charge is 0.270 e. The Morgan fingerprint density at radius 2 is 1.80 bits per heavy atom. The van der Waals surface area contributed by atoms with Crippen LogP contribution in [0.3, 0.4) is 0 Å². The molecule has 0 aliphatic carbocycles. The number of carbonyl (C=O) groups excluding carboxylic acids is 1. The summed E-state index contributed by atoms with van der Waals surface area (Å²) in [5.74, 6) is 0.809. The maximum absolute atomic E-state index is 12.1. The first-order valence-corrected chi connectivity index (χ1v) is 8.75. The molecule has 1 aromatic carbocycles. The first kappa shape index (κ1) is 18.7. The fourth-order valence-corrected chi connectivity index (χ4v) is 2.43. The molecule has 0 atom stereocenters. The third-order valence-electron chi connectivity index (χ3n) is 3.84. The van der Waals surface area contributed by atoms with Crippen LogP contribution in [0.15, 0.2) is 36.7 Å². The summed E-state index contributed by atoms with van der Waals surface area (Å²) in [6.45, 7) is 11.0. The Balaban J connectivity index is 2.05. The number of nitrogens with zero attached hydrogens (tertiary/aromatic N) is 3. The van der Waals surface area contributed by atoms with Gasteiger partial charge in [0, 0.05) is 37.1 Å². The minimum Gasteiger partial charge on any atom is -0.372 e. The van der Waals surface area contributed by atoms with Crippen LogP contribution in [-0.4, -0.2) is 35.5 Å². The van der Waals surface area contributed by atoms with Gasteiger partial charge in [0.2, 0.25) is 0 Å². The highest BCUT2D eigenvalue weighted by atomic mass is 16.1. The van der Waals surface area contributed by atoms with E-state index in [0.29, 0.717) is 24.0 Å². The molecule has 2 N–H and O–H groups in total. The van der Waals surface area contributed by atoms with Crippen LogP contribution in [0.25, 0.3) is 0 Å². The minimum atomic E-state index is -0.184. The van der Waals surface area contributed by atoms with Gasteiger partial charge in [-0.1, -0.05) is 13.8 Å². The van der Waals surface area contributed by atoms with Gasteiger partial charge in [-0.3, -0.25) is 4.79 Å². The zero-order valence-electron chi connectivity index (χ0n) is 15.4. The van der Waals surface area contributed by atoms with E-state index in [4.69, 9.17) is 0 Å². The van der Waals surface area contributed by atoms with Crippen molar-refractivity contribution < 1.29 is 4.79 Å². The van der Waals surface area contributed by atoms with Gasteiger partial charge in [-0.25, -0.2) is 9.97 Å². The first-order chi connectivity index (χ1) is 12.0. The van der Waals surface area contributed by atoms with Crippen LogP contribution < -0.4 is 15.5 Å². The molecule has 6 nitrogen and oxygen atoms in total. The molecule has 0 spiro atoms. The molecule has 0 aliphatic rings. The highest BCUT2D eigenvalue weighted by molar-refractivity contribution is 5.92. The lowest BCUT2D eigenvalue weighted by Gasteiger charge is -2.21. The number of nitrogens with one attached hydrogen (secondary N) is 2. The highest BCUT2D eigenvalue weighted by Gasteiger charge is 2.09. The lowest BCUT2D eigenvalue weighted by atomic mass is 10.2. The maximum Gasteiger partial charge on any atom is 0.270 e. The molecule has 25 heavy (non-hydrogen) atoms. The van der Waals surface area contributed by atoms with E-state index in [1.165, 1.54) is 12.0 Å². The Labute approximate surface area is 149 Å². The van der Waals surface area contributed by atoms with Crippen molar-refractivity contribution >= 4 is 23.1 Å². The van der Waals surface area contributed by atoms with E-state index < -0.39 is 0 Å². The van der Waals surface area contributed by atoms with Crippen LogP contribution in [0.1, 0.15) is 38.2 Å². The lowest BCUT2D eigenvalue weighted by molar-refractivity contribution is 0.0944. The molecule has 2 rings (SSSR count). The quantitative estimate of drug-likeness (QED) is 0.769. The third-order valence-corrected chi connectivity index (χ3v) is 3.84. The summed E-state index contributed by atoms with van der Waals surface area (Å²) >= 11 is 0. The van der Waals surface area contributed by atoms with Gasteiger partial charge in [0.1, 0.15) is 17.8 Å². The van der Waals surface area contributed by atoms with Gasteiger partial charge >= 0.3 is 0 Å². The zero-order valence-corrected chi connectivity index (χ0v) is 15.4. The number of benzene rings is 1. The summed E-state index contributed by atoms with van der Waals surface area (Å²) < 4.78 is 0. The van der Waals surface area contributed by atoms with Crippen molar-refractivity contribution in [2.75, 3.05) is 29.9 Å². The summed E-state index contributed by atoms with van der Waals surface area (Å²) in [7, 11) is 0. The molecule has 0 saturated heterocycles. The summed E-state index contributed by atoms with van der Waals surface area (Å²) in [4.78, 5) is 22.6. The average molecular weight is 341 g/mol. The Bertz CT molecular complexity index is 680. The molecule has 0 unspecified atom stereocenters. The lowest BCUT2D eigenvalue weighted by Crippen LogP contribution is -2.28. The normalized spacial score (nSPS) is 10.6. The van der Waals surface area contributed by atoms with Gasteiger partial charge in [-0.15, -0.1) is 0 Å². The number of anilines is 3. The van der Waals surface area contributed by atoms with Crippen LogP contribution in [0.5, 0.6) is 0 Å². The van der Waals surface area contributed by atoms with Crippen molar-refractivity contribution in [1.82, 2.24) is 15.3 Å². The molecule has 0 aliphatic heterocycles. The predicted octanol–water partition coefficient (Wildman–Crippen LogP) is 3.45. The Kier molecular flexibility index (Phi) is 6.74. The SMILES string of the molecule is CCN(CC)c1ccc(Nc2cc(C(=O)NCC(C)C)ncn2)cc1. The van der Waals surface area contributed by atoms with Crippen LogP contribution in [0.4, 0.5) is 17.2 Å². The van der Waals surface area contributed by atoms with Crippen LogP contribution in [0.2, 0.25) is 0 Å². The largest absolute Gasteiger partial charge is 0.372 e. The number of aromatic nitrogens is 2. The second kappa shape index (κ2) is 9.01. The monoisotopic (exact) mass is 341 g/mol. The predicted molar refractivity (Wildman–Crippen MR) is 102 cm³/mol. The Morgan fingerprint density at radius 1 is 1.12 bits per heavy atom. The van der Waals surface area contributed by atoms with Gasteiger partial charge in [-0.05, 0) is 44.0 Å². The van der Waals surface area contributed by atoms with Gasteiger partial charge in [0.05, 0.1) is 0 Å². The standard InChI is InChI=1S/C19H27N5O/c1-5-24(6-2)16-9-7-15(8-10-16)23-18-11-17(21-13-22-18)19(25)20-12-14(3)4/h7-11,13-14H,5-6,12H2,1-4H3,(H,20,25)(H,21,22,23). The number of amides is 1. The summed E-state index contributed by atoms with van der Waals surface area (Å²) in [5.41, 5.74) is 2.47. The van der Waals surface area contributed by atoms with Crippen molar-refractivity contribution in [1.29, 1.82) is 0 Å². The van der Waals surface area contributed by atoms with Gasteiger partial charge in [0.15, 0.2) is 0 Å². The third kappa shape index (κ3) is 5.45. The summed E-state index contributed by atoms with van der Waals surface area (Å²) in [5, 5.41) is 6.08. The van der Waals surface area contributed by atoms with Crippen molar-refractivity contribution in [3.05, 3.63) is 42.4 Å². The maximum atomic E-state index is 12.1. The molecule has 0 fully saturated rings. The number of carbonyl (C=O) groups is 1. The molecular weight excluding hydrogens is 314 g/mol. The summed E-state index contributed by atoms with van der Waals surface area (Å²) in [6.07, 6.45) is 1.40. The molecule has 1 aromatic heterocycles. The molecule has 2 aromatic rings. The van der Waals surface area contributed by atoms with Crippen molar-refractivity contribution in [2.45, 2.75) is 27.7 Å². The average Bonchev–Trinajstić information content (AvgIpc) is 2.62. The number of hydrogen-bond donors (Lipinski definition) is 2. The molecule has 0 saturated carbocycles. The highest BCUT2D eigenvalue weighted by Crippen LogP contribution is 2.20. The van der Waals surface area contributed by atoms with E-state index in [0.717, 1.165) is 18.8 Å². The van der Waals surface area contributed by atoms with Crippen LogP contribution in [0, 0.1) is 5.92 Å². The number of rotatable bonds is 8. The van der Waals surface area contributed by atoms with E-state index in [-0.39, 0.29) is 5.91 Å². The molecule has 6 heteroatoms. The van der Waals surface area contributed by atoms with E-state index in [1.54, 1.807) is 6.07 Å². The van der Waals surface area contributed by atoms with E-state index in [1.807, 2.05) is 12.1 Å². The van der Waals surface area contributed by atoms with Crippen molar-refractivity contribution in [3.8, 4) is 0 Å². The zero-order chi connectivity index (χ0) is 18.2. The molecule has 0 bridgehead atoms. The fraction of sp³-hybridized carbons (Fsp3) is 0.421. The minimum absolute atomic E-state index is 0.184. The van der Waals surface area contributed by atoms with Gasteiger partial charge in [0.25, 0.3) is 5.91 Å². The van der Waals surface area contributed by atoms with Crippen molar-refractivity contribution in [2.24, 2.45) is 5.92 Å². The Morgan fingerprint density at radius 3 is 2.40 bits per heavy atom. The van der Waals surface area contributed by atoms with E-state index >= 15 is 0 Å². The van der Waals surface area contributed by atoms with Crippen LogP contribution in [-0.2, 0) is 0 Å². The Hall–Kier alpha value is -2.63.